The summed E-state index contributed by atoms with van der Waals surface area (Å²) in [6.07, 6.45) is 0.265. The molecule has 1 atom stereocenters. The van der Waals surface area contributed by atoms with Crippen molar-refractivity contribution in [2.45, 2.75) is 50.7 Å². The van der Waals surface area contributed by atoms with E-state index in [4.69, 9.17) is 0 Å². The van der Waals surface area contributed by atoms with Gasteiger partial charge >= 0.3 is 0 Å². The number of nitrogens with zero attached hydrogens (tertiary/aromatic N) is 2. The summed E-state index contributed by atoms with van der Waals surface area (Å²) in [7, 11) is -4.13. The summed E-state index contributed by atoms with van der Waals surface area (Å²) in [6, 6.07) is 30.9. The van der Waals surface area contributed by atoms with Crippen LogP contribution in [0.1, 0.15) is 30.5 Å². The lowest BCUT2D eigenvalue weighted by atomic mass is 10.0. The lowest BCUT2D eigenvalue weighted by Gasteiger charge is -2.34. The van der Waals surface area contributed by atoms with Crippen molar-refractivity contribution in [1.29, 1.82) is 0 Å². The highest BCUT2D eigenvalue weighted by molar-refractivity contribution is 9.10. The summed E-state index contributed by atoms with van der Waals surface area (Å²) in [6.45, 7) is 5.32. The second kappa shape index (κ2) is 14.5. The fourth-order valence-electron chi connectivity index (χ4n) is 4.76. The molecular formula is C34H36BrN3O4S. The van der Waals surface area contributed by atoms with Gasteiger partial charge in [0.25, 0.3) is 10.0 Å². The number of benzene rings is 4. The summed E-state index contributed by atoms with van der Waals surface area (Å²) >= 11 is 3.41. The van der Waals surface area contributed by atoms with E-state index < -0.39 is 28.5 Å². The normalized spacial score (nSPS) is 12.0. The van der Waals surface area contributed by atoms with Crippen LogP contribution in [0.25, 0.3) is 0 Å². The number of hydrogen-bond donors (Lipinski definition) is 1. The molecule has 0 heterocycles. The first-order valence-corrected chi connectivity index (χ1v) is 16.3. The summed E-state index contributed by atoms with van der Waals surface area (Å²) in [5, 5.41) is 2.98. The number of rotatable bonds is 12. The Balaban J connectivity index is 1.80. The van der Waals surface area contributed by atoms with E-state index in [1.807, 2.05) is 75.4 Å². The maximum Gasteiger partial charge on any atom is 0.264 e. The monoisotopic (exact) mass is 661 g/mol. The second-order valence-corrected chi connectivity index (χ2v) is 13.4. The molecule has 224 valence electrons. The Morgan fingerprint density at radius 3 is 2.00 bits per heavy atom. The molecule has 0 bridgehead atoms. The molecule has 0 radical (unpaired) electrons. The van der Waals surface area contributed by atoms with E-state index in [-0.39, 0.29) is 29.8 Å². The number of halogens is 1. The van der Waals surface area contributed by atoms with E-state index in [9.17, 15) is 18.0 Å². The van der Waals surface area contributed by atoms with Crippen LogP contribution in [-0.4, -0.2) is 43.8 Å². The van der Waals surface area contributed by atoms with Crippen molar-refractivity contribution in [3.8, 4) is 0 Å². The van der Waals surface area contributed by atoms with Gasteiger partial charge in [-0.05, 0) is 73.9 Å². The highest BCUT2D eigenvalue weighted by atomic mass is 79.9. The van der Waals surface area contributed by atoms with Crippen LogP contribution in [0.3, 0.4) is 0 Å². The molecule has 0 saturated heterocycles. The number of aryl methyl sites for hydroxylation is 1. The van der Waals surface area contributed by atoms with Crippen LogP contribution in [0.5, 0.6) is 0 Å². The van der Waals surface area contributed by atoms with Crippen LogP contribution in [0, 0.1) is 6.92 Å². The van der Waals surface area contributed by atoms with Gasteiger partial charge in [0.05, 0.1) is 10.6 Å². The topological polar surface area (TPSA) is 86.8 Å². The smallest absolute Gasteiger partial charge is 0.264 e. The summed E-state index contributed by atoms with van der Waals surface area (Å²) < 4.78 is 29.9. The van der Waals surface area contributed by atoms with Crippen LogP contribution in [-0.2, 0) is 32.6 Å². The van der Waals surface area contributed by atoms with Crippen molar-refractivity contribution in [1.82, 2.24) is 10.2 Å². The molecule has 0 unspecified atom stereocenters. The molecule has 0 spiro atoms. The minimum absolute atomic E-state index is 0.0644. The van der Waals surface area contributed by atoms with E-state index in [1.165, 1.54) is 17.0 Å². The fourth-order valence-corrected chi connectivity index (χ4v) is 6.46. The fraction of sp³-hybridized carbons (Fsp3) is 0.235. The molecule has 7 nitrogen and oxygen atoms in total. The zero-order chi connectivity index (χ0) is 31.0. The number of carbonyl (C=O) groups excluding carboxylic acids is 2. The zero-order valence-corrected chi connectivity index (χ0v) is 26.9. The quantitative estimate of drug-likeness (QED) is 0.198. The van der Waals surface area contributed by atoms with E-state index >= 15 is 0 Å². The minimum Gasteiger partial charge on any atom is -0.352 e. The van der Waals surface area contributed by atoms with Crippen molar-refractivity contribution in [3.63, 3.8) is 0 Å². The molecular weight excluding hydrogens is 626 g/mol. The Hall–Kier alpha value is -3.95. The van der Waals surface area contributed by atoms with Gasteiger partial charge in [-0.15, -0.1) is 0 Å². The Kier molecular flexibility index (Phi) is 10.8. The molecule has 2 amide bonds. The Bertz CT molecular complexity index is 1630. The van der Waals surface area contributed by atoms with Gasteiger partial charge < -0.3 is 10.2 Å². The predicted molar refractivity (Wildman–Crippen MR) is 174 cm³/mol. The van der Waals surface area contributed by atoms with Gasteiger partial charge in [-0.2, -0.15) is 0 Å². The lowest BCUT2D eigenvalue weighted by molar-refractivity contribution is -0.140. The SMILES string of the molecule is Cc1ccccc1CN(C(=O)CN(c1ccc(Br)cc1)S(=O)(=O)c1ccccc1)[C@@H](Cc1ccccc1)C(=O)NC(C)C. The average Bonchev–Trinajstić information content (AvgIpc) is 2.99. The van der Waals surface area contributed by atoms with Crippen LogP contribution < -0.4 is 9.62 Å². The van der Waals surface area contributed by atoms with Crippen molar-refractivity contribution in [3.05, 3.63) is 130 Å². The van der Waals surface area contributed by atoms with Gasteiger partial charge in [0.2, 0.25) is 11.8 Å². The maximum atomic E-state index is 14.4. The second-order valence-electron chi connectivity index (χ2n) is 10.6. The molecule has 0 aromatic heterocycles. The molecule has 0 aliphatic rings. The first kappa shape index (κ1) is 32.0. The molecule has 0 aliphatic carbocycles. The molecule has 43 heavy (non-hydrogen) atoms. The third-order valence-electron chi connectivity index (χ3n) is 7.03. The largest absolute Gasteiger partial charge is 0.352 e. The summed E-state index contributed by atoms with van der Waals surface area (Å²) in [5.74, 6) is -0.799. The number of nitrogens with one attached hydrogen (secondary N) is 1. The molecule has 4 aromatic rings. The Morgan fingerprint density at radius 1 is 0.814 bits per heavy atom. The number of hydrogen-bond acceptors (Lipinski definition) is 4. The van der Waals surface area contributed by atoms with E-state index in [2.05, 4.69) is 21.2 Å². The molecule has 1 N–H and O–H groups in total. The number of anilines is 1. The molecule has 0 saturated carbocycles. The lowest BCUT2D eigenvalue weighted by Crippen LogP contribution is -2.54. The molecule has 0 aliphatic heterocycles. The van der Waals surface area contributed by atoms with Crippen LogP contribution in [0.2, 0.25) is 0 Å². The third kappa shape index (κ3) is 8.33. The van der Waals surface area contributed by atoms with Crippen LogP contribution >= 0.6 is 15.9 Å². The minimum atomic E-state index is -4.13. The van der Waals surface area contributed by atoms with Crippen molar-refractivity contribution in [2.75, 3.05) is 10.8 Å². The highest BCUT2D eigenvalue weighted by Crippen LogP contribution is 2.26. The van der Waals surface area contributed by atoms with Crippen LogP contribution in [0.15, 0.2) is 119 Å². The van der Waals surface area contributed by atoms with Gasteiger partial charge in [0, 0.05) is 23.5 Å². The summed E-state index contributed by atoms with van der Waals surface area (Å²) in [4.78, 5) is 29.8. The number of carbonyl (C=O) groups is 2. The highest BCUT2D eigenvalue weighted by Gasteiger charge is 2.35. The molecule has 4 aromatic carbocycles. The van der Waals surface area contributed by atoms with Crippen molar-refractivity contribution >= 4 is 43.5 Å². The third-order valence-corrected chi connectivity index (χ3v) is 9.35. The van der Waals surface area contributed by atoms with Crippen LogP contribution in [0.4, 0.5) is 5.69 Å². The predicted octanol–water partition coefficient (Wildman–Crippen LogP) is 6.12. The maximum absolute atomic E-state index is 14.4. The van der Waals surface area contributed by atoms with Gasteiger partial charge in [0.15, 0.2) is 0 Å². The first-order chi connectivity index (χ1) is 20.6. The Labute approximate surface area is 262 Å². The van der Waals surface area contributed by atoms with Crippen molar-refractivity contribution < 1.29 is 18.0 Å². The van der Waals surface area contributed by atoms with Gasteiger partial charge in [-0.25, -0.2) is 8.42 Å². The number of sulfonamides is 1. The zero-order valence-electron chi connectivity index (χ0n) is 24.5. The molecule has 9 heteroatoms. The first-order valence-electron chi connectivity index (χ1n) is 14.1. The van der Waals surface area contributed by atoms with E-state index in [0.717, 1.165) is 25.5 Å². The van der Waals surface area contributed by atoms with Gasteiger partial charge in [-0.1, -0.05) is 88.7 Å². The van der Waals surface area contributed by atoms with Gasteiger partial charge in [-0.3, -0.25) is 13.9 Å². The average molecular weight is 663 g/mol. The van der Waals surface area contributed by atoms with Gasteiger partial charge in [0.1, 0.15) is 12.6 Å². The number of amides is 2. The van der Waals surface area contributed by atoms with Crippen molar-refractivity contribution in [2.24, 2.45) is 0 Å². The molecule has 4 rings (SSSR count). The van der Waals surface area contributed by atoms with E-state index in [0.29, 0.717) is 5.69 Å². The van der Waals surface area contributed by atoms with E-state index in [1.54, 1.807) is 42.5 Å². The molecule has 0 fully saturated rings. The Morgan fingerprint density at radius 2 is 1.40 bits per heavy atom. The summed E-state index contributed by atoms with van der Waals surface area (Å²) in [5.41, 5.74) is 3.05. The standard InChI is InChI=1S/C34H36BrN3O4S/c1-25(2)36-34(40)32(22-27-13-6-4-7-14-27)37(23-28-15-11-10-12-26(28)3)33(39)24-38(30-20-18-29(35)19-21-30)43(41,42)31-16-8-5-9-17-31/h4-21,25,32H,22-24H2,1-3H3,(H,36,40)/t32-/m0/s1.